The van der Waals surface area contributed by atoms with Gasteiger partial charge in [0.15, 0.2) is 5.96 Å². The van der Waals surface area contributed by atoms with Crippen LogP contribution in [-0.2, 0) is 4.74 Å². The van der Waals surface area contributed by atoms with Crippen LogP contribution in [0.2, 0.25) is 0 Å². The molecule has 2 fully saturated rings. The summed E-state index contributed by atoms with van der Waals surface area (Å²) in [6, 6.07) is 0. The lowest BCUT2D eigenvalue weighted by atomic mass is 9.86. The summed E-state index contributed by atoms with van der Waals surface area (Å²) in [6.45, 7) is 6.95. The van der Waals surface area contributed by atoms with Crippen molar-refractivity contribution >= 4 is 5.96 Å². The van der Waals surface area contributed by atoms with Crippen LogP contribution in [0.3, 0.4) is 0 Å². The van der Waals surface area contributed by atoms with Gasteiger partial charge >= 0.3 is 0 Å². The van der Waals surface area contributed by atoms with Crippen molar-refractivity contribution in [3.63, 3.8) is 0 Å². The maximum Gasteiger partial charge on any atom is 0.193 e. The number of aliphatic imine (C=N–C) groups is 1. The Morgan fingerprint density at radius 2 is 2.17 bits per heavy atom. The van der Waals surface area contributed by atoms with E-state index in [0.717, 1.165) is 44.7 Å². The van der Waals surface area contributed by atoms with Crippen LogP contribution in [0.1, 0.15) is 32.6 Å². The highest BCUT2D eigenvalue weighted by molar-refractivity contribution is 5.79. The van der Waals surface area contributed by atoms with Crippen molar-refractivity contribution < 1.29 is 4.74 Å². The molecule has 1 saturated heterocycles. The lowest BCUT2D eigenvalue weighted by Crippen LogP contribution is -2.41. The SMILES string of the molecule is CCNC(=NCC1CCC1)N(C)CC1CCOC1. The summed E-state index contributed by atoms with van der Waals surface area (Å²) >= 11 is 0. The molecule has 0 aromatic heterocycles. The third kappa shape index (κ3) is 3.87. The molecular formula is C14H27N3O. The Bertz CT molecular complexity index is 270. The van der Waals surface area contributed by atoms with Gasteiger partial charge in [0.05, 0.1) is 6.61 Å². The minimum absolute atomic E-state index is 0.669. The van der Waals surface area contributed by atoms with E-state index in [1.165, 1.54) is 25.7 Å². The number of guanidine groups is 1. The summed E-state index contributed by atoms with van der Waals surface area (Å²) in [4.78, 5) is 7.03. The van der Waals surface area contributed by atoms with Crippen molar-refractivity contribution in [2.45, 2.75) is 32.6 Å². The first-order valence-electron chi connectivity index (χ1n) is 7.36. The Labute approximate surface area is 111 Å². The maximum absolute atomic E-state index is 5.44. The van der Waals surface area contributed by atoms with Crippen LogP contribution in [0.25, 0.3) is 0 Å². The molecule has 1 atom stereocenters. The quantitative estimate of drug-likeness (QED) is 0.599. The standard InChI is InChI=1S/C14H27N3O/c1-3-15-14(16-9-12-5-4-6-12)17(2)10-13-7-8-18-11-13/h12-13H,3-11H2,1-2H3,(H,15,16). The molecule has 0 aromatic carbocycles. The van der Waals surface area contributed by atoms with Crippen LogP contribution in [0.5, 0.6) is 0 Å². The van der Waals surface area contributed by atoms with Crippen LogP contribution in [0.4, 0.5) is 0 Å². The van der Waals surface area contributed by atoms with Gasteiger partial charge in [-0.1, -0.05) is 6.42 Å². The molecule has 1 saturated carbocycles. The van der Waals surface area contributed by atoms with E-state index in [1.807, 2.05) is 0 Å². The van der Waals surface area contributed by atoms with Gasteiger partial charge in [-0.05, 0) is 32.1 Å². The number of ether oxygens (including phenoxy) is 1. The minimum Gasteiger partial charge on any atom is -0.381 e. The number of rotatable bonds is 5. The Balaban J connectivity index is 1.81. The molecule has 0 aromatic rings. The van der Waals surface area contributed by atoms with Gasteiger partial charge in [-0.15, -0.1) is 0 Å². The molecule has 2 rings (SSSR count). The van der Waals surface area contributed by atoms with E-state index in [1.54, 1.807) is 0 Å². The van der Waals surface area contributed by atoms with E-state index in [9.17, 15) is 0 Å². The third-order valence-electron chi connectivity index (χ3n) is 3.98. The van der Waals surface area contributed by atoms with Crippen LogP contribution in [0, 0.1) is 11.8 Å². The smallest absolute Gasteiger partial charge is 0.193 e. The molecule has 0 spiro atoms. The Morgan fingerprint density at radius 3 is 2.72 bits per heavy atom. The summed E-state index contributed by atoms with van der Waals surface area (Å²) in [5.74, 6) is 2.57. The highest BCUT2D eigenvalue weighted by atomic mass is 16.5. The van der Waals surface area contributed by atoms with Crippen molar-refractivity contribution in [2.24, 2.45) is 16.8 Å². The number of hydrogen-bond acceptors (Lipinski definition) is 2. The van der Waals surface area contributed by atoms with Gasteiger partial charge < -0.3 is 15.0 Å². The Morgan fingerprint density at radius 1 is 1.33 bits per heavy atom. The molecule has 4 nitrogen and oxygen atoms in total. The number of hydrogen-bond donors (Lipinski definition) is 1. The monoisotopic (exact) mass is 253 g/mol. The molecular weight excluding hydrogens is 226 g/mol. The molecule has 0 amide bonds. The fourth-order valence-electron chi connectivity index (χ4n) is 2.56. The zero-order chi connectivity index (χ0) is 12.8. The van der Waals surface area contributed by atoms with E-state index in [0.29, 0.717) is 5.92 Å². The molecule has 1 aliphatic carbocycles. The molecule has 2 aliphatic rings. The highest BCUT2D eigenvalue weighted by Crippen LogP contribution is 2.26. The van der Waals surface area contributed by atoms with Crippen molar-refractivity contribution in [1.29, 1.82) is 0 Å². The maximum atomic E-state index is 5.44. The first-order valence-corrected chi connectivity index (χ1v) is 7.36. The van der Waals surface area contributed by atoms with Gasteiger partial charge in [-0.25, -0.2) is 0 Å². The van der Waals surface area contributed by atoms with E-state index in [4.69, 9.17) is 9.73 Å². The second-order valence-corrected chi connectivity index (χ2v) is 5.60. The molecule has 104 valence electrons. The van der Waals surface area contributed by atoms with Gasteiger partial charge in [-0.2, -0.15) is 0 Å². The second-order valence-electron chi connectivity index (χ2n) is 5.60. The zero-order valence-corrected chi connectivity index (χ0v) is 11.8. The van der Waals surface area contributed by atoms with Crippen LogP contribution in [-0.4, -0.2) is 50.8 Å². The minimum atomic E-state index is 0.669. The summed E-state index contributed by atoms with van der Waals surface area (Å²) < 4.78 is 5.44. The topological polar surface area (TPSA) is 36.9 Å². The van der Waals surface area contributed by atoms with Crippen molar-refractivity contribution in [3.05, 3.63) is 0 Å². The predicted molar refractivity (Wildman–Crippen MR) is 74.9 cm³/mol. The van der Waals surface area contributed by atoms with Crippen LogP contribution in [0.15, 0.2) is 4.99 Å². The summed E-state index contributed by atoms with van der Waals surface area (Å²) in [7, 11) is 2.14. The highest BCUT2D eigenvalue weighted by Gasteiger charge is 2.20. The molecule has 0 radical (unpaired) electrons. The zero-order valence-electron chi connectivity index (χ0n) is 11.8. The Hall–Kier alpha value is -0.770. The van der Waals surface area contributed by atoms with Crippen LogP contribution >= 0.6 is 0 Å². The van der Waals surface area contributed by atoms with Gasteiger partial charge in [0.25, 0.3) is 0 Å². The van der Waals surface area contributed by atoms with Crippen LogP contribution < -0.4 is 5.32 Å². The van der Waals surface area contributed by atoms with Crippen molar-refractivity contribution in [3.8, 4) is 0 Å². The second kappa shape index (κ2) is 6.98. The molecule has 1 aliphatic heterocycles. The van der Waals surface area contributed by atoms with Gasteiger partial charge in [0, 0.05) is 39.2 Å². The third-order valence-corrected chi connectivity index (χ3v) is 3.98. The van der Waals surface area contributed by atoms with Crippen molar-refractivity contribution in [1.82, 2.24) is 10.2 Å². The van der Waals surface area contributed by atoms with E-state index in [-0.39, 0.29) is 0 Å². The fourth-order valence-corrected chi connectivity index (χ4v) is 2.56. The molecule has 1 heterocycles. The average Bonchev–Trinajstić information content (AvgIpc) is 2.78. The largest absolute Gasteiger partial charge is 0.381 e. The van der Waals surface area contributed by atoms with E-state index >= 15 is 0 Å². The molecule has 0 bridgehead atoms. The summed E-state index contributed by atoms with van der Waals surface area (Å²) in [6.07, 6.45) is 5.31. The Kier molecular flexibility index (Phi) is 5.29. The average molecular weight is 253 g/mol. The molecule has 18 heavy (non-hydrogen) atoms. The lowest BCUT2D eigenvalue weighted by Gasteiger charge is -2.27. The number of nitrogens with one attached hydrogen (secondary N) is 1. The summed E-state index contributed by atoms with van der Waals surface area (Å²) in [5, 5.41) is 3.39. The van der Waals surface area contributed by atoms with Crippen molar-refractivity contribution in [2.75, 3.05) is 39.9 Å². The first-order chi connectivity index (χ1) is 8.79. The van der Waals surface area contributed by atoms with E-state index in [2.05, 4.69) is 24.2 Å². The number of nitrogens with zero attached hydrogens (tertiary/aromatic N) is 2. The van der Waals surface area contributed by atoms with Gasteiger partial charge in [0.1, 0.15) is 0 Å². The lowest BCUT2D eigenvalue weighted by molar-refractivity contribution is 0.181. The predicted octanol–water partition coefficient (Wildman–Crippen LogP) is 1.72. The first kappa shape index (κ1) is 13.7. The van der Waals surface area contributed by atoms with Gasteiger partial charge in [-0.3, -0.25) is 4.99 Å². The van der Waals surface area contributed by atoms with Gasteiger partial charge in [0.2, 0.25) is 0 Å². The fraction of sp³-hybridized carbons (Fsp3) is 0.929. The molecule has 1 unspecified atom stereocenters. The molecule has 1 N–H and O–H groups in total. The normalized spacial score (nSPS) is 25.0. The molecule has 4 heteroatoms. The van der Waals surface area contributed by atoms with E-state index < -0.39 is 0 Å². The summed E-state index contributed by atoms with van der Waals surface area (Å²) in [5.41, 5.74) is 0.